The van der Waals surface area contributed by atoms with E-state index in [9.17, 15) is 9.18 Å². The van der Waals surface area contributed by atoms with Crippen LogP contribution in [0.3, 0.4) is 0 Å². The molecule has 0 radical (unpaired) electrons. The number of halogens is 2. The number of carbonyl (C=O) groups is 1. The molecule has 98 valence electrons. The van der Waals surface area contributed by atoms with Crippen molar-refractivity contribution in [3.63, 3.8) is 0 Å². The molecule has 0 atom stereocenters. The molecule has 0 unspecified atom stereocenters. The lowest BCUT2D eigenvalue weighted by atomic mass is 10.1. The van der Waals surface area contributed by atoms with Crippen molar-refractivity contribution in [1.29, 1.82) is 0 Å². The normalized spacial score (nSPS) is 10.2. The van der Waals surface area contributed by atoms with Gasteiger partial charge in [-0.05, 0) is 36.4 Å². The molecule has 0 spiro atoms. The van der Waals surface area contributed by atoms with Gasteiger partial charge < -0.3 is 9.84 Å². The van der Waals surface area contributed by atoms with Crippen LogP contribution in [0, 0.1) is 5.82 Å². The summed E-state index contributed by atoms with van der Waals surface area (Å²) in [7, 11) is 0. The maximum Gasteiger partial charge on any atom is 0.335 e. The third-order valence-corrected chi connectivity index (χ3v) is 3.04. The number of hydrogen-bond donors (Lipinski definition) is 1. The second kappa shape index (κ2) is 5.84. The van der Waals surface area contributed by atoms with Gasteiger partial charge in [-0.2, -0.15) is 0 Å². The number of carboxylic acid groups (broad SMARTS) is 1. The molecule has 0 aliphatic carbocycles. The van der Waals surface area contributed by atoms with Gasteiger partial charge in [-0.1, -0.05) is 22.0 Å². The van der Waals surface area contributed by atoms with Gasteiger partial charge in [0.2, 0.25) is 0 Å². The minimum absolute atomic E-state index is 0.0490. The van der Waals surface area contributed by atoms with Crippen LogP contribution in [0.15, 0.2) is 46.9 Å². The quantitative estimate of drug-likeness (QED) is 0.928. The molecule has 0 heterocycles. The van der Waals surface area contributed by atoms with E-state index >= 15 is 0 Å². The van der Waals surface area contributed by atoms with E-state index in [1.165, 1.54) is 12.1 Å². The molecule has 3 nitrogen and oxygen atoms in total. The van der Waals surface area contributed by atoms with Gasteiger partial charge in [0.1, 0.15) is 18.2 Å². The standard InChI is InChI=1S/C14H10BrFO3/c15-11-3-5-12(6-4-11)19-8-10-2-1-9(14(17)18)7-13(10)16/h1-7H,8H2,(H,17,18). The zero-order valence-electron chi connectivity index (χ0n) is 9.77. The molecular weight excluding hydrogens is 315 g/mol. The minimum atomic E-state index is -1.15. The molecule has 0 amide bonds. The predicted molar refractivity (Wildman–Crippen MR) is 71.8 cm³/mol. The zero-order chi connectivity index (χ0) is 13.8. The smallest absolute Gasteiger partial charge is 0.335 e. The Bertz CT molecular complexity index is 596. The highest BCUT2D eigenvalue weighted by Gasteiger charge is 2.08. The molecular formula is C14H10BrFO3. The SMILES string of the molecule is O=C(O)c1ccc(COc2ccc(Br)cc2)c(F)c1. The van der Waals surface area contributed by atoms with Gasteiger partial charge in [0, 0.05) is 10.0 Å². The summed E-state index contributed by atoms with van der Waals surface area (Å²) >= 11 is 3.30. The van der Waals surface area contributed by atoms with E-state index in [4.69, 9.17) is 9.84 Å². The van der Waals surface area contributed by atoms with Crippen LogP contribution >= 0.6 is 15.9 Å². The van der Waals surface area contributed by atoms with Crippen molar-refractivity contribution < 1.29 is 19.0 Å². The van der Waals surface area contributed by atoms with E-state index in [-0.39, 0.29) is 12.2 Å². The highest BCUT2D eigenvalue weighted by Crippen LogP contribution is 2.18. The van der Waals surface area contributed by atoms with Crippen molar-refractivity contribution in [2.24, 2.45) is 0 Å². The lowest BCUT2D eigenvalue weighted by Gasteiger charge is -2.07. The second-order valence-electron chi connectivity index (χ2n) is 3.85. The van der Waals surface area contributed by atoms with Gasteiger partial charge in [0.25, 0.3) is 0 Å². The zero-order valence-corrected chi connectivity index (χ0v) is 11.4. The average molecular weight is 325 g/mol. The Morgan fingerprint density at radius 1 is 1.21 bits per heavy atom. The van der Waals surface area contributed by atoms with Crippen molar-refractivity contribution >= 4 is 21.9 Å². The first kappa shape index (κ1) is 13.5. The van der Waals surface area contributed by atoms with E-state index in [1.807, 2.05) is 12.1 Å². The molecule has 5 heteroatoms. The summed E-state index contributed by atoms with van der Waals surface area (Å²) in [6, 6.07) is 10.9. The lowest BCUT2D eigenvalue weighted by molar-refractivity contribution is 0.0696. The first-order valence-corrected chi connectivity index (χ1v) is 6.25. The molecule has 0 aromatic heterocycles. The molecule has 19 heavy (non-hydrogen) atoms. The summed E-state index contributed by atoms with van der Waals surface area (Å²) in [4.78, 5) is 10.7. The van der Waals surface area contributed by atoms with Gasteiger partial charge >= 0.3 is 5.97 Å². The summed E-state index contributed by atoms with van der Waals surface area (Å²) in [5.41, 5.74) is 0.234. The highest BCUT2D eigenvalue weighted by molar-refractivity contribution is 9.10. The van der Waals surface area contributed by atoms with Crippen LogP contribution < -0.4 is 4.74 Å². The lowest BCUT2D eigenvalue weighted by Crippen LogP contribution is -2.02. The van der Waals surface area contributed by atoms with Gasteiger partial charge in [0.05, 0.1) is 5.56 Å². The number of benzene rings is 2. The largest absolute Gasteiger partial charge is 0.489 e. The van der Waals surface area contributed by atoms with Crippen molar-refractivity contribution in [2.45, 2.75) is 6.61 Å². The summed E-state index contributed by atoms with van der Waals surface area (Å²) in [5.74, 6) is -1.12. The molecule has 2 aromatic carbocycles. The topological polar surface area (TPSA) is 46.5 Å². The maximum absolute atomic E-state index is 13.6. The van der Waals surface area contributed by atoms with Gasteiger partial charge in [-0.3, -0.25) is 0 Å². The number of ether oxygens (including phenoxy) is 1. The number of aromatic carboxylic acids is 1. The number of carboxylic acids is 1. The second-order valence-corrected chi connectivity index (χ2v) is 4.77. The first-order valence-electron chi connectivity index (χ1n) is 5.46. The summed E-state index contributed by atoms with van der Waals surface area (Å²) in [6.45, 7) is 0.0490. The van der Waals surface area contributed by atoms with Crippen molar-refractivity contribution in [3.8, 4) is 5.75 Å². The summed E-state index contributed by atoms with van der Waals surface area (Å²) in [6.07, 6.45) is 0. The van der Waals surface area contributed by atoms with Crippen molar-refractivity contribution in [2.75, 3.05) is 0 Å². The molecule has 0 bridgehead atoms. The van der Waals surface area contributed by atoms with Crippen LogP contribution in [-0.4, -0.2) is 11.1 Å². The Morgan fingerprint density at radius 2 is 1.89 bits per heavy atom. The molecule has 2 aromatic rings. The Hall–Kier alpha value is -1.88. The predicted octanol–water partition coefficient (Wildman–Crippen LogP) is 3.87. The van der Waals surface area contributed by atoms with Gasteiger partial charge in [-0.15, -0.1) is 0 Å². The fourth-order valence-corrected chi connectivity index (χ4v) is 1.75. The number of rotatable bonds is 4. The van der Waals surface area contributed by atoms with E-state index in [0.717, 1.165) is 10.5 Å². The molecule has 1 N–H and O–H groups in total. The fourth-order valence-electron chi connectivity index (χ4n) is 1.49. The van der Waals surface area contributed by atoms with Crippen LogP contribution in [0.4, 0.5) is 4.39 Å². The Balaban J connectivity index is 2.07. The maximum atomic E-state index is 13.6. The Labute approximate surface area is 117 Å². The van der Waals surface area contributed by atoms with Crippen LogP contribution in [0.2, 0.25) is 0 Å². The van der Waals surface area contributed by atoms with Crippen LogP contribution in [-0.2, 0) is 6.61 Å². The molecule has 0 fully saturated rings. The van der Waals surface area contributed by atoms with Crippen LogP contribution in [0.1, 0.15) is 15.9 Å². The van der Waals surface area contributed by atoms with Crippen LogP contribution in [0.5, 0.6) is 5.75 Å². The van der Waals surface area contributed by atoms with E-state index in [0.29, 0.717) is 11.3 Å². The van der Waals surface area contributed by atoms with E-state index in [2.05, 4.69) is 15.9 Å². The fraction of sp³-hybridized carbons (Fsp3) is 0.0714. The molecule has 2 rings (SSSR count). The average Bonchev–Trinajstić information content (AvgIpc) is 2.39. The Kier molecular flexibility index (Phi) is 4.16. The molecule has 0 saturated heterocycles. The van der Waals surface area contributed by atoms with Crippen LogP contribution in [0.25, 0.3) is 0 Å². The van der Waals surface area contributed by atoms with E-state index in [1.54, 1.807) is 12.1 Å². The highest BCUT2D eigenvalue weighted by atomic mass is 79.9. The summed E-state index contributed by atoms with van der Waals surface area (Å²) in [5, 5.41) is 8.73. The Morgan fingerprint density at radius 3 is 2.47 bits per heavy atom. The number of hydrogen-bond acceptors (Lipinski definition) is 2. The van der Waals surface area contributed by atoms with Gasteiger partial charge in [-0.25, -0.2) is 9.18 Å². The monoisotopic (exact) mass is 324 g/mol. The van der Waals surface area contributed by atoms with Gasteiger partial charge in [0.15, 0.2) is 0 Å². The summed E-state index contributed by atoms with van der Waals surface area (Å²) < 4.78 is 20.0. The molecule has 0 aliphatic rings. The third kappa shape index (κ3) is 3.54. The van der Waals surface area contributed by atoms with E-state index < -0.39 is 11.8 Å². The molecule has 0 saturated carbocycles. The van der Waals surface area contributed by atoms with Crippen molar-refractivity contribution in [3.05, 3.63) is 63.9 Å². The minimum Gasteiger partial charge on any atom is -0.489 e. The molecule has 0 aliphatic heterocycles. The van der Waals surface area contributed by atoms with Crippen molar-refractivity contribution in [1.82, 2.24) is 0 Å². The third-order valence-electron chi connectivity index (χ3n) is 2.51. The first-order chi connectivity index (χ1) is 9.06.